The monoisotopic (exact) mass is 297 g/mol. The van der Waals surface area contributed by atoms with Crippen molar-refractivity contribution in [1.29, 1.82) is 0 Å². The summed E-state index contributed by atoms with van der Waals surface area (Å²) in [6.45, 7) is 2.05. The summed E-state index contributed by atoms with van der Waals surface area (Å²) in [5.74, 6) is 1.000. The van der Waals surface area contributed by atoms with Crippen molar-refractivity contribution in [2.45, 2.75) is 25.8 Å². The third-order valence-electron chi connectivity index (χ3n) is 4.18. The summed E-state index contributed by atoms with van der Waals surface area (Å²) in [4.78, 5) is 4.84. The second-order valence-corrected chi connectivity index (χ2v) is 6.13. The van der Waals surface area contributed by atoms with Gasteiger partial charge in [0.25, 0.3) is 0 Å². The lowest BCUT2D eigenvalue weighted by Gasteiger charge is -2.11. The number of benzene rings is 2. The minimum atomic E-state index is 0.532. The first-order valence-corrected chi connectivity index (χ1v) is 7.56. The summed E-state index contributed by atoms with van der Waals surface area (Å²) in [7, 11) is 0. The molecule has 4 heteroatoms. The Morgan fingerprint density at radius 3 is 2.81 bits per heavy atom. The van der Waals surface area contributed by atoms with E-state index in [1.165, 1.54) is 12.8 Å². The Bertz CT molecular complexity index is 847. The van der Waals surface area contributed by atoms with E-state index in [9.17, 15) is 0 Å². The fourth-order valence-corrected chi connectivity index (χ4v) is 3.02. The van der Waals surface area contributed by atoms with Crippen LogP contribution in [-0.4, -0.2) is 9.55 Å². The van der Waals surface area contributed by atoms with Crippen molar-refractivity contribution in [3.63, 3.8) is 0 Å². The number of nitrogens with two attached hydrogens (primary N) is 1. The van der Waals surface area contributed by atoms with Crippen LogP contribution < -0.4 is 5.73 Å². The van der Waals surface area contributed by atoms with Crippen molar-refractivity contribution in [3.8, 4) is 11.4 Å². The topological polar surface area (TPSA) is 43.8 Å². The van der Waals surface area contributed by atoms with Crippen LogP contribution in [0.25, 0.3) is 22.4 Å². The Hall–Kier alpha value is -2.00. The number of hydrogen-bond acceptors (Lipinski definition) is 2. The van der Waals surface area contributed by atoms with Gasteiger partial charge in [-0.2, -0.15) is 0 Å². The molecule has 1 aliphatic carbocycles. The summed E-state index contributed by atoms with van der Waals surface area (Å²) in [5, 5.41) is 0.750. The summed E-state index contributed by atoms with van der Waals surface area (Å²) in [6.07, 6.45) is 2.40. The van der Waals surface area contributed by atoms with Gasteiger partial charge in [0.05, 0.1) is 11.0 Å². The van der Waals surface area contributed by atoms with Crippen LogP contribution in [0.1, 0.15) is 24.4 Å². The van der Waals surface area contributed by atoms with E-state index in [2.05, 4.69) is 10.6 Å². The van der Waals surface area contributed by atoms with Gasteiger partial charge >= 0.3 is 0 Å². The maximum absolute atomic E-state index is 6.17. The van der Waals surface area contributed by atoms with Crippen LogP contribution in [0.15, 0.2) is 36.4 Å². The number of rotatable bonds is 2. The fraction of sp³-hybridized carbons (Fsp3) is 0.235. The van der Waals surface area contributed by atoms with E-state index in [0.717, 1.165) is 38.7 Å². The Labute approximate surface area is 128 Å². The lowest BCUT2D eigenvalue weighted by atomic mass is 10.1. The first-order chi connectivity index (χ1) is 10.1. The molecule has 3 nitrogen and oxygen atoms in total. The molecular weight excluding hydrogens is 282 g/mol. The predicted octanol–water partition coefficient (Wildman–Crippen LogP) is 4.58. The lowest BCUT2D eigenvalue weighted by molar-refractivity contribution is 0.775. The molecule has 2 N–H and O–H groups in total. The number of aromatic nitrogens is 2. The molecule has 1 saturated carbocycles. The van der Waals surface area contributed by atoms with E-state index in [1.54, 1.807) is 0 Å². The molecule has 106 valence electrons. The zero-order valence-corrected chi connectivity index (χ0v) is 12.6. The van der Waals surface area contributed by atoms with Gasteiger partial charge in [-0.15, -0.1) is 0 Å². The number of fused-ring (bicyclic) bond motifs is 1. The largest absolute Gasteiger partial charge is 0.398 e. The van der Waals surface area contributed by atoms with Crippen molar-refractivity contribution in [1.82, 2.24) is 9.55 Å². The molecule has 0 saturated heterocycles. The molecule has 0 spiro atoms. The van der Waals surface area contributed by atoms with Crippen LogP contribution in [0.5, 0.6) is 0 Å². The Kier molecular flexibility index (Phi) is 2.73. The van der Waals surface area contributed by atoms with Gasteiger partial charge in [0, 0.05) is 22.3 Å². The van der Waals surface area contributed by atoms with Crippen molar-refractivity contribution in [2.24, 2.45) is 0 Å². The molecule has 4 rings (SSSR count). The van der Waals surface area contributed by atoms with Crippen LogP contribution in [0, 0.1) is 6.92 Å². The highest BCUT2D eigenvalue weighted by Crippen LogP contribution is 2.42. The van der Waals surface area contributed by atoms with Crippen LogP contribution >= 0.6 is 11.6 Å². The smallest absolute Gasteiger partial charge is 0.141 e. The third-order valence-corrected chi connectivity index (χ3v) is 4.42. The summed E-state index contributed by atoms with van der Waals surface area (Å²) < 4.78 is 2.32. The second-order valence-electron chi connectivity index (χ2n) is 5.69. The third kappa shape index (κ3) is 2.00. The standard InChI is InChI=1S/C17H16ClN3/c1-10-13(3-2-4-14(10)19)17-20-15-8-5-11(18)9-16(15)21(17)12-6-7-12/h2-5,8-9,12H,6-7,19H2,1H3. The quantitative estimate of drug-likeness (QED) is 0.703. The van der Waals surface area contributed by atoms with Gasteiger partial charge in [0.2, 0.25) is 0 Å². The molecule has 21 heavy (non-hydrogen) atoms. The molecule has 1 aliphatic rings. The van der Waals surface area contributed by atoms with Crippen molar-refractivity contribution >= 4 is 28.3 Å². The van der Waals surface area contributed by atoms with E-state index >= 15 is 0 Å². The number of nitrogens with zero attached hydrogens (tertiary/aromatic N) is 2. The molecule has 0 radical (unpaired) electrons. The van der Waals surface area contributed by atoms with E-state index in [0.29, 0.717) is 6.04 Å². The number of hydrogen-bond donors (Lipinski definition) is 1. The lowest BCUT2D eigenvalue weighted by Crippen LogP contribution is -2.00. The highest BCUT2D eigenvalue weighted by atomic mass is 35.5. The Morgan fingerprint density at radius 2 is 2.05 bits per heavy atom. The Balaban J connectivity index is 2.04. The normalized spacial score (nSPS) is 14.8. The number of halogens is 1. The molecule has 0 bridgehead atoms. The average molecular weight is 298 g/mol. The van der Waals surface area contributed by atoms with Crippen LogP contribution in [0.2, 0.25) is 5.02 Å². The van der Waals surface area contributed by atoms with E-state index in [4.69, 9.17) is 22.3 Å². The van der Waals surface area contributed by atoms with Gasteiger partial charge in [-0.25, -0.2) is 4.98 Å². The summed E-state index contributed by atoms with van der Waals surface area (Å²) in [6, 6.07) is 12.4. The van der Waals surface area contributed by atoms with Gasteiger partial charge in [-0.05, 0) is 49.6 Å². The second kappa shape index (κ2) is 4.50. The van der Waals surface area contributed by atoms with Crippen molar-refractivity contribution in [3.05, 3.63) is 47.0 Å². The highest BCUT2D eigenvalue weighted by molar-refractivity contribution is 6.31. The minimum Gasteiger partial charge on any atom is -0.398 e. The van der Waals surface area contributed by atoms with Crippen LogP contribution in [-0.2, 0) is 0 Å². The number of nitrogen functional groups attached to an aromatic ring is 1. The zero-order valence-electron chi connectivity index (χ0n) is 11.8. The van der Waals surface area contributed by atoms with E-state index in [1.807, 2.05) is 37.3 Å². The molecular formula is C17H16ClN3. The molecule has 0 atom stereocenters. The van der Waals surface area contributed by atoms with Crippen molar-refractivity contribution < 1.29 is 0 Å². The molecule has 0 aliphatic heterocycles. The zero-order chi connectivity index (χ0) is 14.6. The molecule has 1 heterocycles. The number of anilines is 1. The van der Waals surface area contributed by atoms with E-state index in [-0.39, 0.29) is 0 Å². The molecule has 0 amide bonds. The van der Waals surface area contributed by atoms with Gasteiger partial charge in [-0.1, -0.05) is 23.7 Å². The van der Waals surface area contributed by atoms with Crippen LogP contribution in [0.3, 0.4) is 0 Å². The van der Waals surface area contributed by atoms with E-state index < -0.39 is 0 Å². The SMILES string of the molecule is Cc1c(N)cccc1-c1nc2ccc(Cl)cc2n1C1CC1. The summed E-state index contributed by atoms with van der Waals surface area (Å²) in [5.41, 5.74) is 11.2. The van der Waals surface area contributed by atoms with Gasteiger partial charge in [0.15, 0.2) is 0 Å². The average Bonchev–Trinajstić information content (AvgIpc) is 3.23. The maximum atomic E-state index is 6.17. The Morgan fingerprint density at radius 1 is 1.24 bits per heavy atom. The highest BCUT2D eigenvalue weighted by Gasteiger charge is 2.29. The molecule has 1 fully saturated rings. The first-order valence-electron chi connectivity index (χ1n) is 7.18. The van der Waals surface area contributed by atoms with Crippen molar-refractivity contribution in [2.75, 3.05) is 5.73 Å². The summed E-state index contributed by atoms with van der Waals surface area (Å²) >= 11 is 6.17. The molecule has 3 aromatic rings. The van der Waals surface area contributed by atoms with Crippen LogP contribution in [0.4, 0.5) is 5.69 Å². The molecule has 1 aromatic heterocycles. The first kappa shape index (κ1) is 12.7. The predicted molar refractivity (Wildman–Crippen MR) is 87.6 cm³/mol. The molecule has 0 unspecified atom stereocenters. The fourth-order valence-electron chi connectivity index (χ4n) is 2.85. The molecule has 2 aromatic carbocycles. The van der Waals surface area contributed by atoms with Gasteiger partial charge in [-0.3, -0.25) is 0 Å². The minimum absolute atomic E-state index is 0.532. The number of imidazole rings is 1. The van der Waals surface area contributed by atoms with Gasteiger partial charge < -0.3 is 10.3 Å². The van der Waals surface area contributed by atoms with Gasteiger partial charge in [0.1, 0.15) is 5.82 Å². The maximum Gasteiger partial charge on any atom is 0.141 e.